The summed E-state index contributed by atoms with van der Waals surface area (Å²) in [5.41, 5.74) is 1.79. The molecule has 1 nitrogen and oxygen atoms in total. The predicted molar refractivity (Wildman–Crippen MR) is 106 cm³/mol. The van der Waals surface area contributed by atoms with E-state index in [1.165, 1.54) is 0 Å². The largest absolute Gasteiger partial charge is 0.491 e. The maximum absolute atomic E-state index is 14.7. The van der Waals surface area contributed by atoms with Gasteiger partial charge in [0.1, 0.15) is 0 Å². The van der Waals surface area contributed by atoms with Gasteiger partial charge in [0.05, 0.1) is 6.61 Å². The second-order valence-electron chi connectivity index (χ2n) is 7.87. The summed E-state index contributed by atoms with van der Waals surface area (Å²) >= 11 is 0. The molecule has 0 heterocycles. The highest BCUT2D eigenvalue weighted by Crippen LogP contribution is 2.52. The highest BCUT2D eigenvalue weighted by molar-refractivity contribution is 6.03. The van der Waals surface area contributed by atoms with Crippen LogP contribution in [-0.2, 0) is 6.42 Å². The minimum atomic E-state index is -0.942. The molecule has 0 saturated heterocycles. The summed E-state index contributed by atoms with van der Waals surface area (Å²) in [5.74, 6) is -1.19. The van der Waals surface area contributed by atoms with Gasteiger partial charge in [0.2, 0.25) is 0 Å². The van der Waals surface area contributed by atoms with Gasteiger partial charge in [-0.3, -0.25) is 0 Å². The molecule has 0 bridgehead atoms. The Bertz CT molecular complexity index is 911. The molecule has 0 atom stereocenters. The molecule has 148 valence electrons. The van der Waals surface area contributed by atoms with Gasteiger partial charge >= 0.3 is 0 Å². The van der Waals surface area contributed by atoms with Crippen molar-refractivity contribution in [1.29, 1.82) is 0 Å². The van der Waals surface area contributed by atoms with Crippen molar-refractivity contribution >= 4 is 0 Å². The quantitative estimate of drug-likeness (QED) is 0.412. The van der Waals surface area contributed by atoms with Crippen molar-refractivity contribution in [3.63, 3.8) is 0 Å². The zero-order valence-electron chi connectivity index (χ0n) is 16.2. The van der Waals surface area contributed by atoms with Gasteiger partial charge < -0.3 is 4.74 Å². The molecule has 4 heteroatoms. The molecule has 2 aliphatic carbocycles. The smallest absolute Gasteiger partial charge is 0.173 e. The first-order valence-electron chi connectivity index (χ1n) is 10.1. The van der Waals surface area contributed by atoms with Crippen molar-refractivity contribution < 1.29 is 17.9 Å². The van der Waals surface area contributed by atoms with E-state index in [1.54, 1.807) is 25.1 Å². The SMILES string of the molecule is C=CC1CCC(CCc2cc3c(c(F)c2F)-c2c-3ccc(OCC)c2F)CC1. The van der Waals surface area contributed by atoms with Crippen LogP contribution in [-0.4, -0.2) is 6.61 Å². The molecule has 1 fully saturated rings. The van der Waals surface area contributed by atoms with Crippen molar-refractivity contribution in [3.8, 4) is 28.0 Å². The van der Waals surface area contributed by atoms with Gasteiger partial charge in [0, 0.05) is 11.1 Å². The Hall–Kier alpha value is -2.23. The zero-order chi connectivity index (χ0) is 19.8. The number of rotatable bonds is 6. The number of benzene rings is 2. The van der Waals surface area contributed by atoms with Gasteiger partial charge in [-0.1, -0.05) is 6.08 Å². The molecule has 4 rings (SSSR count). The van der Waals surface area contributed by atoms with E-state index in [0.29, 0.717) is 41.6 Å². The summed E-state index contributed by atoms with van der Waals surface area (Å²) in [4.78, 5) is 0. The highest BCUT2D eigenvalue weighted by atomic mass is 19.2. The van der Waals surface area contributed by atoms with Gasteiger partial charge in [0.15, 0.2) is 23.2 Å². The van der Waals surface area contributed by atoms with Crippen LogP contribution in [0.4, 0.5) is 13.2 Å². The van der Waals surface area contributed by atoms with Crippen molar-refractivity contribution in [3.05, 3.63) is 53.9 Å². The molecular weight excluding hydrogens is 361 g/mol. The Morgan fingerprint density at radius 3 is 2.39 bits per heavy atom. The van der Waals surface area contributed by atoms with E-state index in [1.807, 2.05) is 6.08 Å². The fraction of sp³-hybridized carbons (Fsp3) is 0.417. The van der Waals surface area contributed by atoms with Crippen LogP contribution in [0.25, 0.3) is 22.3 Å². The lowest BCUT2D eigenvalue weighted by molar-refractivity contribution is 0.295. The lowest BCUT2D eigenvalue weighted by Crippen LogP contribution is -2.15. The number of aryl methyl sites for hydroxylation is 1. The van der Waals surface area contributed by atoms with Crippen LogP contribution in [0.2, 0.25) is 0 Å². The second-order valence-corrected chi connectivity index (χ2v) is 7.87. The van der Waals surface area contributed by atoms with Gasteiger partial charge in [-0.25, -0.2) is 13.2 Å². The van der Waals surface area contributed by atoms with Crippen molar-refractivity contribution in [1.82, 2.24) is 0 Å². The minimum Gasteiger partial charge on any atom is -0.491 e. The van der Waals surface area contributed by atoms with Gasteiger partial charge in [-0.05, 0) is 92.2 Å². The zero-order valence-corrected chi connectivity index (χ0v) is 16.2. The lowest BCUT2D eigenvalue weighted by atomic mass is 9.77. The third-order valence-corrected chi connectivity index (χ3v) is 6.28. The van der Waals surface area contributed by atoms with Crippen molar-refractivity contribution in [2.45, 2.75) is 45.4 Å². The van der Waals surface area contributed by atoms with Gasteiger partial charge in [-0.15, -0.1) is 6.58 Å². The number of ether oxygens (including phenoxy) is 1. The molecule has 1 saturated carbocycles. The molecule has 0 aromatic heterocycles. The van der Waals surface area contributed by atoms with Gasteiger partial charge in [0.25, 0.3) is 0 Å². The molecular formula is C24H25F3O. The molecule has 2 aromatic carbocycles. The number of halogens is 3. The maximum atomic E-state index is 14.7. The topological polar surface area (TPSA) is 9.23 Å². The molecule has 0 spiro atoms. The van der Waals surface area contributed by atoms with E-state index in [9.17, 15) is 13.2 Å². The summed E-state index contributed by atoms with van der Waals surface area (Å²) in [6.45, 7) is 5.93. The number of hydrogen-bond acceptors (Lipinski definition) is 1. The average Bonchev–Trinajstić information content (AvgIpc) is 2.70. The van der Waals surface area contributed by atoms with Crippen LogP contribution < -0.4 is 4.74 Å². The summed E-state index contributed by atoms with van der Waals surface area (Å²) in [7, 11) is 0. The second kappa shape index (κ2) is 7.65. The first-order chi connectivity index (χ1) is 13.5. The van der Waals surface area contributed by atoms with Crippen LogP contribution in [0, 0.1) is 29.3 Å². The number of hydrogen-bond donors (Lipinski definition) is 0. The molecule has 0 N–H and O–H groups in total. The van der Waals surface area contributed by atoms with Crippen molar-refractivity contribution in [2.24, 2.45) is 11.8 Å². The van der Waals surface area contributed by atoms with Crippen LogP contribution in [0.3, 0.4) is 0 Å². The first-order valence-corrected chi connectivity index (χ1v) is 10.1. The Morgan fingerprint density at radius 1 is 1.00 bits per heavy atom. The van der Waals surface area contributed by atoms with Gasteiger partial charge in [-0.2, -0.15) is 0 Å². The Morgan fingerprint density at radius 2 is 1.71 bits per heavy atom. The van der Waals surface area contributed by atoms with E-state index < -0.39 is 17.5 Å². The molecule has 0 radical (unpaired) electrons. The van der Waals surface area contributed by atoms with E-state index in [0.717, 1.165) is 32.1 Å². The molecule has 28 heavy (non-hydrogen) atoms. The van der Waals surface area contributed by atoms with E-state index >= 15 is 0 Å². The Balaban J connectivity index is 1.55. The Labute approximate surface area is 164 Å². The number of allylic oxidation sites excluding steroid dienone is 1. The van der Waals surface area contributed by atoms with E-state index in [4.69, 9.17) is 4.74 Å². The maximum Gasteiger partial charge on any atom is 0.173 e. The monoisotopic (exact) mass is 386 g/mol. The predicted octanol–water partition coefficient (Wildman–Crippen LogP) is 7.08. The normalized spacial score (nSPS) is 20.1. The van der Waals surface area contributed by atoms with E-state index in [2.05, 4.69) is 6.58 Å². The van der Waals surface area contributed by atoms with Crippen LogP contribution in [0.1, 0.15) is 44.6 Å². The molecule has 2 aromatic rings. The van der Waals surface area contributed by atoms with Crippen molar-refractivity contribution in [2.75, 3.05) is 6.61 Å². The number of fused-ring (bicyclic) bond motifs is 4. The fourth-order valence-corrected chi connectivity index (χ4v) is 4.62. The minimum absolute atomic E-state index is 0.0433. The fourth-order valence-electron chi connectivity index (χ4n) is 4.62. The van der Waals surface area contributed by atoms with Crippen LogP contribution >= 0.6 is 0 Å². The average molecular weight is 386 g/mol. The van der Waals surface area contributed by atoms with Crippen LogP contribution in [0.15, 0.2) is 30.9 Å². The molecule has 0 aliphatic heterocycles. The summed E-state index contributed by atoms with van der Waals surface area (Å²) in [6, 6.07) is 4.98. The van der Waals surface area contributed by atoms with E-state index in [-0.39, 0.29) is 16.9 Å². The summed E-state index contributed by atoms with van der Waals surface area (Å²) < 4.78 is 49.3. The third-order valence-electron chi connectivity index (χ3n) is 6.28. The standard InChI is InChI=1S/C24H25F3O/c1-3-14-5-7-15(8-6-14)9-10-16-13-18-17-11-12-19(28-4-2)23(26)20(17)21(18)24(27)22(16)25/h3,11-15H,1,4-10H2,2H3. The lowest BCUT2D eigenvalue weighted by Gasteiger charge is -2.28. The Kier molecular flexibility index (Phi) is 5.22. The molecule has 2 aliphatic rings. The summed E-state index contributed by atoms with van der Waals surface area (Å²) in [5, 5.41) is 0. The summed E-state index contributed by atoms with van der Waals surface area (Å²) in [6.07, 6.45) is 7.86. The highest BCUT2D eigenvalue weighted by Gasteiger charge is 2.34. The third kappa shape index (κ3) is 3.13. The molecule has 0 amide bonds. The van der Waals surface area contributed by atoms with Crippen LogP contribution in [0.5, 0.6) is 5.75 Å². The first kappa shape index (κ1) is 19.1. The molecule has 0 unspecified atom stereocenters.